The van der Waals surface area contributed by atoms with Crippen molar-refractivity contribution in [3.05, 3.63) is 59.7 Å². The molecule has 0 bridgehead atoms. The molecule has 0 aromatic heterocycles. The average molecular weight is 257 g/mol. The van der Waals surface area contributed by atoms with Gasteiger partial charge in [0.15, 0.2) is 11.5 Å². The Morgan fingerprint density at radius 2 is 1.89 bits per heavy atom. The Morgan fingerprint density at radius 1 is 1.16 bits per heavy atom. The fourth-order valence-electron chi connectivity index (χ4n) is 1.84. The fraction of sp³-hybridized carbons (Fsp3) is 0.133. The van der Waals surface area contributed by atoms with Gasteiger partial charge >= 0.3 is 0 Å². The maximum Gasteiger partial charge on any atom is 0.161 e. The van der Waals surface area contributed by atoms with Crippen molar-refractivity contribution in [1.29, 1.82) is 0 Å². The lowest BCUT2D eigenvalue weighted by molar-refractivity contribution is 0.318. The number of ether oxygens (including phenoxy) is 1. The van der Waals surface area contributed by atoms with E-state index in [2.05, 4.69) is 5.16 Å². The van der Waals surface area contributed by atoms with Gasteiger partial charge in [0, 0.05) is 12.0 Å². The molecule has 0 amide bonds. The van der Waals surface area contributed by atoms with Gasteiger partial charge in [0.25, 0.3) is 0 Å². The normalized spacial score (nSPS) is 11.3. The molecule has 4 heteroatoms. The van der Waals surface area contributed by atoms with E-state index in [1.165, 1.54) is 13.2 Å². The van der Waals surface area contributed by atoms with Crippen LogP contribution < -0.4 is 4.74 Å². The second-order valence-corrected chi connectivity index (χ2v) is 4.10. The summed E-state index contributed by atoms with van der Waals surface area (Å²) in [5, 5.41) is 22.0. The lowest BCUT2D eigenvalue weighted by Crippen LogP contribution is -2.05. The van der Waals surface area contributed by atoms with Crippen LogP contribution in [-0.4, -0.2) is 23.1 Å². The number of phenols is 1. The van der Waals surface area contributed by atoms with Gasteiger partial charge in [-0.05, 0) is 23.8 Å². The molecule has 0 heterocycles. The topological polar surface area (TPSA) is 62.0 Å². The molecule has 0 unspecified atom stereocenters. The van der Waals surface area contributed by atoms with Crippen LogP contribution in [0.4, 0.5) is 0 Å². The number of rotatable bonds is 4. The first-order valence-corrected chi connectivity index (χ1v) is 5.87. The fourth-order valence-corrected chi connectivity index (χ4v) is 1.84. The Balaban J connectivity index is 2.28. The monoisotopic (exact) mass is 257 g/mol. The first kappa shape index (κ1) is 13.0. The SMILES string of the molecule is COc1cc(/C(Cc2ccccc2)=N/O)ccc1O. The highest BCUT2D eigenvalue weighted by molar-refractivity contribution is 6.02. The number of oxime groups is 1. The quantitative estimate of drug-likeness (QED) is 0.503. The van der Waals surface area contributed by atoms with Crippen LogP contribution in [0, 0.1) is 0 Å². The Morgan fingerprint density at radius 3 is 2.53 bits per heavy atom. The van der Waals surface area contributed by atoms with E-state index in [9.17, 15) is 5.11 Å². The van der Waals surface area contributed by atoms with Crippen LogP contribution in [-0.2, 0) is 6.42 Å². The van der Waals surface area contributed by atoms with Crippen molar-refractivity contribution < 1.29 is 15.1 Å². The Kier molecular flexibility index (Phi) is 4.03. The molecule has 0 radical (unpaired) electrons. The summed E-state index contributed by atoms with van der Waals surface area (Å²) in [5.74, 6) is 0.412. The Hall–Kier alpha value is -2.49. The van der Waals surface area contributed by atoms with E-state index in [0.717, 1.165) is 5.56 Å². The Labute approximate surface area is 111 Å². The van der Waals surface area contributed by atoms with Gasteiger partial charge in [-0.2, -0.15) is 0 Å². The van der Waals surface area contributed by atoms with Gasteiger partial charge in [0.05, 0.1) is 12.8 Å². The second kappa shape index (κ2) is 5.91. The van der Waals surface area contributed by atoms with Gasteiger partial charge in [0.2, 0.25) is 0 Å². The first-order chi connectivity index (χ1) is 9.24. The number of hydrogen-bond donors (Lipinski definition) is 2. The molecule has 19 heavy (non-hydrogen) atoms. The molecule has 0 fully saturated rings. The third-order valence-corrected chi connectivity index (χ3v) is 2.85. The van der Waals surface area contributed by atoms with Crippen LogP contribution in [0.1, 0.15) is 11.1 Å². The molecule has 4 nitrogen and oxygen atoms in total. The third-order valence-electron chi connectivity index (χ3n) is 2.85. The van der Waals surface area contributed by atoms with Gasteiger partial charge in [0.1, 0.15) is 0 Å². The van der Waals surface area contributed by atoms with Crippen molar-refractivity contribution in [3.63, 3.8) is 0 Å². The first-order valence-electron chi connectivity index (χ1n) is 5.87. The average Bonchev–Trinajstić information content (AvgIpc) is 2.46. The number of benzene rings is 2. The highest BCUT2D eigenvalue weighted by Crippen LogP contribution is 2.27. The van der Waals surface area contributed by atoms with Gasteiger partial charge in [-0.1, -0.05) is 35.5 Å². The predicted molar refractivity (Wildman–Crippen MR) is 73.1 cm³/mol. The molecule has 2 N–H and O–H groups in total. The minimum absolute atomic E-state index is 0.0586. The zero-order chi connectivity index (χ0) is 13.7. The van der Waals surface area contributed by atoms with Gasteiger partial charge in [-0.15, -0.1) is 0 Å². The van der Waals surface area contributed by atoms with Crippen molar-refractivity contribution in [1.82, 2.24) is 0 Å². The van der Waals surface area contributed by atoms with E-state index in [1.807, 2.05) is 30.3 Å². The van der Waals surface area contributed by atoms with Crippen LogP contribution >= 0.6 is 0 Å². The van der Waals surface area contributed by atoms with Crippen molar-refractivity contribution in [3.8, 4) is 11.5 Å². The van der Waals surface area contributed by atoms with Crippen LogP contribution in [0.25, 0.3) is 0 Å². The van der Waals surface area contributed by atoms with E-state index >= 15 is 0 Å². The van der Waals surface area contributed by atoms with Crippen LogP contribution in [0.5, 0.6) is 11.5 Å². The van der Waals surface area contributed by atoms with Crippen molar-refractivity contribution in [2.45, 2.75) is 6.42 Å². The van der Waals surface area contributed by atoms with E-state index in [-0.39, 0.29) is 5.75 Å². The minimum Gasteiger partial charge on any atom is -0.504 e. The van der Waals surface area contributed by atoms with E-state index in [0.29, 0.717) is 23.4 Å². The molecule has 0 aliphatic carbocycles. The molecule has 2 aromatic rings. The molecule has 0 aliphatic heterocycles. The lowest BCUT2D eigenvalue weighted by atomic mass is 10.0. The van der Waals surface area contributed by atoms with Gasteiger partial charge in [-0.3, -0.25) is 0 Å². The zero-order valence-electron chi connectivity index (χ0n) is 10.6. The van der Waals surface area contributed by atoms with Crippen molar-refractivity contribution >= 4 is 5.71 Å². The number of methoxy groups -OCH3 is 1. The summed E-state index contributed by atoms with van der Waals surface area (Å²) in [6.45, 7) is 0. The number of nitrogens with zero attached hydrogens (tertiary/aromatic N) is 1. The smallest absolute Gasteiger partial charge is 0.161 e. The van der Waals surface area contributed by atoms with Crippen LogP contribution in [0.15, 0.2) is 53.7 Å². The maximum atomic E-state index is 9.55. The standard InChI is InChI=1S/C15H15NO3/c1-19-15-10-12(7-8-14(15)17)13(16-18)9-11-5-3-2-4-6-11/h2-8,10,17-18H,9H2,1H3/b16-13+. The van der Waals surface area contributed by atoms with Gasteiger partial charge < -0.3 is 15.1 Å². The highest BCUT2D eigenvalue weighted by atomic mass is 16.5. The molecule has 0 aliphatic rings. The predicted octanol–water partition coefficient (Wildman–Crippen LogP) is 2.82. The van der Waals surface area contributed by atoms with Crippen LogP contribution in [0.3, 0.4) is 0 Å². The Bertz CT molecular complexity index is 579. The third kappa shape index (κ3) is 3.04. The highest BCUT2D eigenvalue weighted by Gasteiger charge is 2.09. The minimum atomic E-state index is 0.0586. The summed E-state index contributed by atoms with van der Waals surface area (Å²) >= 11 is 0. The summed E-state index contributed by atoms with van der Waals surface area (Å²) in [5.41, 5.74) is 2.27. The molecular formula is C15H15NO3. The van der Waals surface area contributed by atoms with E-state index < -0.39 is 0 Å². The number of hydrogen-bond acceptors (Lipinski definition) is 4. The maximum absolute atomic E-state index is 9.55. The molecule has 0 spiro atoms. The van der Waals surface area contributed by atoms with Gasteiger partial charge in [-0.25, -0.2) is 0 Å². The lowest BCUT2D eigenvalue weighted by Gasteiger charge is -2.08. The van der Waals surface area contributed by atoms with Crippen molar-refractivity contribution in [2.75, 3.05) is 7.11 Å². The summed E-state index contributed by atoms with van der Waals surface area (Å²) < 4.78 is 5.04. The summed E-state index contributed by atoms with van der Waals surface area (Å²) in [6.07, 6.45) is 0.505. The summed E-state index contributed by atoms with van der Waals surface area (Å²) in [7, 11) is 1.48. The molecule has 98 valence electrons. The largest absolute Gasteiger partial charge is 0.504 e. The molecular weight excluding hydrogens is 242 g/mol. The molecule has 0 atom stereocenters. The van der Waals surface area contributed by atoms with E-state index in [4.69, 9.17) is 9.94 Å². The van der Waals surface area contributed by atoms with Crippen LogP contribution in [0.2, 0.25) is 0 Å². The molecule has 0 saturated heterocycles. The molecule has 2 rings (SSSR count). The zero-order valence-corrected chi connectivity index (χ0v) is 10.6. The summed E-state index contributed by atoms with van der Waals surface area (Å²) in [4.78, 5) is 0. The number of phenolic OH excluding ortho intramolecular Hbond substituents is 1. The molecule has 2 aromatic carbocycles. The molecule has 0 saturated carbocycles. The second-order valence-electron chi connectivity index (χ2n) is 4.10. The summed E-state index contributed by atoms with van der Waals surface area (Å²) in [6, 6.07) is 14.6. The van der Waals surface area contributed by atoms with E-state index in [1.54, 1.807) is 12.1 Å². The van der Waals surface area contributed by atoms with Crippen molar-refractivity contribution in [2.24, 2.45) is 5.16 Å². The number of aromatic hydroxyl groups is 1.